The van der Waals surface area contributed by atoms with E-state index in [-0.39, 0.29) is 10.6 Å². The van der Waals surface area contributed by atoms with Crippen LogP contribution in [0.3, 0.4) is 0 Å². The highest BCUT2D eigenvalue weighted by molar-refractivity contribution is 7.90. The van der Waals surface area contributed by atoms with Crippen LogP contribution in [0, 0.1) is 6.92 Å². The summed E-state index contributed by atoms with van der Waals surface area (Å²) in [7, 11) is -2.22. The number of hydrogen-bond acceptors (Lipinski definition) is 4. The highest BCUT2D eigenvalue weighted by Crippen LogP contribution is 2.10. The second-order valence-corrected chi connectivity index (χ2v) is 5.80. The zero-order valence-electron chi connectivity index (χ0n) is 10.5. The summed E-state index contributed by atoms with van der Waals surface area (Å²) in [6, 6.07) is 7.67. The minimum atomic E-state index is -3.86. The van der Waals surface area contributed by atoms with E-state index in [0.29, 0.717) is 0 Å². The number of aryl methyl sites for hydroxylation is 2. The SMILES string of the molecule is Cc1ccc(S(=O)(=O)NC(=O)c2ccn(C)n2)cc1. The van der Waals surface area contributed by atoms with Crippen LogP contribution in [0.15, 0.2) is 41.4 Å². The first-order valence-corrected chi connectivity index (χ1v) is 7.00. The molecule has 0 aliphatic rings. The fourth-order valence-corrected chi connectivity index (χ4v) is 2.45. The van der Waals surface area contributed by atoms with Crippen LogP contribution >= 0.6 is 0 Å². The molecule has 0 unspecified atom stereocenters. The molecular weight excluding hydrogens is 266 g/mol. The molecule has 0 aliphatic carbocycles. The van der Waals surface area contributed by atoms with E-state index in [1.54, 1.807) is 25.4 Å². The summed E-state index contributed by atoms with van der Waals surface area (Å²) in [6.07, 6.45) is 1.56. The van der Waals surface area contributed by atoms with Crippen LogP contribution in [0.2, 0.25) is 0 Å². The first kappa shape index (κ1) is 13.3. The number of sulfonamides is 1. The van der Waals surface area contributed by atoms with Crippen molar-refractivity contribution in [2.75, 3.05) is 0 Å². The molecule has 0 saturated heterocycles. The molecular formula is C12H13N3O3S. The number of rotatable bonds is 3. The van der Waals surface area contributed by atoms with Crippen LogP contribution in [0.4, 0.5) is 0 Å². The maximum absolute atomic E-state index is 12.0. The number of carbonyl (C=O) groups is 1. The van der Waals surface area contributed by atoms with E-state index in [1.807, 2.05) is 11.6 Å². The average molecular weight is 279 g/mol. The first-order valence-electron chi connectivity index (χ1n) is 5.52. The topological polar surface area (TPSA) is 81.1 Å². The van der Waals surface area contributed by atoms with Gasteiger partial charge in [-0.15, -0.1) is 0 Å². The van der Waals surface area contributed by atoms with Gasteiger partial charge in [-0.3, -0.25) is 9.48 Å². The number of amides is 1. The zero-order chi connectivity index (χ0) is 14.0. The summed E-state index contributed by atoms with van der Waals surface area (Å²) in [5, 5.41) is 3.84. The molecule has 0 spiro atoms. The minimum absolute atomic E-state index is 0.0439. The fourth-order valence-electron chi connectivity index (χ4n) is 1.49. The lowest BCUT2D eigenvalue weighted by Gasteiger charge is -2.05. The normalized spacial score (nSPS) is 11.3. The Balaban J connectivity index is 2.22. The molecule has 0 atom stereocenters. The van der Waals surface area contributed by atoms with Crippen LogP contribution in [0.5, 0.6) is 0 Å². The fraction of sp³-hybridized carbons (Fsp3) is 0.167. The van der Waals surface area contributed by atoms with E-state index in [1.165, 1.54) is 22.9 Å². The van der Waals surface area contributed by atoms with Gasteiger partial charge >= 0.3 is 0 Å². The largest absolute Gasteiger partial charge is 0.285 e. The van der Waals surface area contributed by atoms with Crippen molar-refractivity contribution >= 4 is 15.9 Å². The molecule has 1 heterocycles. The van der Waals surface area contributed by atoms with Gasteiger partial charge in [-0.05, 0) is 25.1 Å². The minimum Gasteiger partial charge on any atom is -0.275 e. The lowest BCUT2D eigenvalue weighted by Crippen LogP contribution is -2.30. The van der Waals surface area contributed by atoms with Crippen LogP contribution in [0.25, 0.3) is 0 Å². The van der Waals surface area contributed by atoms with E-state index in [0.717, 1.165) is 5.56 Å². The van der Waals surface area contributed by atoms with Crippen molar-refractivity contribution in [2.24, 2.45) is 7.05 Å². The monoisotopic (exact) mass is 279 g/mol. The van der Waals surface area contributed by atoms with Gasteiger partial charge in [0.1, 0.15) is 0 Å². The Hall–Kier alpha value is -2.15. The van der Waals surface area contributed by atoms with Crippen molar-refractivity contribution < 1.29 is 13.2 Å². The summed E-state index contributed by atoms with van der Waals surface area (Å²) < 4.78 is 27.3. The van der Waals surface area contributed by atoms with Gasteiger partial charge in [0.05, 0.1) is 4.90 Å². The predicted molar refractivity (Wildman–Crippen MR) is 69.0 cm³/mol. The molecule has 1 aromatic heterocycles. The molecule has 100 valence electrons. The standard InChI is InChI=1S/C12H13N3O3S/c1-9-3-5-10(6-4-9)19(17,18)14-12(16)11-7-8-15(2)13-11/h3-8H,1-2H3,(H,14,16). The van der Waals surface area contributed by atoms with Crippen LogP contribution in [-0.2, 0) is 17.1 Å². The van der Waals surface area contributed by atoms with E-state index in [9.17, 15) is 13.2 Å². The number of nitrogens with one attached hydrogen (secondary N) is 1. The third-order valence-electron chi connectivity index (χ3n) is 2.50. The van der Waals surface area contributed by atoms with Gasteiger partial charge in [0.15, 0.2) is 5.69 Å². The Bertz CT molecular complexity index is 702. The second kappa shape index (κ2) is 4.85. The van der Waals surface area contributed by atoms with E-state index in [4.69, 9.17) is 0 Å². The molecule has 1 amide bonds. The number of aromatic nitrogens is 2. The van der Waals surface area contributed by atoms with Gasteiger partial charge in [-0.1, -0.05) is 17.7 Å². The molecule has 2 aromatic rings. The van der Waals surface area contributed by atoms with Crippen molar-refractivity contribution in [1.29, 1.82) is 0 Å². The van der Waals surface area contributed by atoms with Gasteiger partial charge in [-0.25, -0.2) is 13.1 Å². The quantitative estimate of drug-likeness (QED) is 0.903. The Morgan fingerprint density at radius 1 is 1.21 bits per heavy atom. The van der Waals surface area contributed by atoms with Gasteiger partial charge in [0, 0.05) is 13.2 Å². The predicted octanol–water partition coefficient (Wildman–Crippen LogP) is 0.847. The van der Waals surface area contributed by atoms with Crippen molar-refractivity contribution in [3.8, 4) is 0 Å². The Labute approximate surface area is 111 Å². The molecule has 0 saturated carbocycles. The molecule has 0 bridgehead atoms. The lowest BCUT2D eigenvalue weighted by molar-refractivity contribution is 0.0976. The van der Waals surface area contributed by atoms with Crippen LogP contribution in [-0.4, -0.2) is 24.1 Å². The van der Waals surface area contributed by atoms with E-state index in [2.05, 4.69) is 5.10 Å². The van der Waals surface area contributed by atoms with Gasteiger partial charge in [0.25, 0.3) is 15.9 Å². The smallest absolute Gasteiger partial charge is 0.275 e. The molecule has 0 aliphatic heterocycles. The number of hydrogen-bond donors (Lipinski definition) is 1. The lowest BCUT2D eigenvalue weighted by atomic mass is 10.2. The summed E-state index contributed by atoms with van der Waals surface area (Å²) in [5.74, 6) is -0.749. The molecule has 1 N–H and O–H groups in total. The summed E-state index contributed by atoms with van der Waals surface area (Å²) in [6.45, 7) is 1.85. The summed E-state index contributed by atoms with van der Waals surface area (Å²) >= 11 is 0. The van der Waals surface area contributed by atoms with Crippen LogP contribution in [0.1, 0.15) is 16.1 Å². The maximum Gasteiger partial charge on any atom is 0.285 e. The number of carbonyl (C=O) groups excluding carboxylic acids is 1. The van der Waals surface area contributed by atoms with Gasteiger partial charge in [-0.2, -0.15) is 5.10 Å². The Morgan fingerprint density at radius 2 is 1.84 bits per heavy atom. The van der Waals surface area contributed by atoms with Gasteiger partial charge < -0.3 is 0 Å². The number of nitrogens with zero attached hydrogens (tertiary/aromatic N) is 2. The van der Waals surface area contributed by atoms with Gasteiger partial charge in [0.2, 0.25) is 0 Å². The Kier molecular flexibility index (Phi) is 3.39. The summed E-state index contributed by atoms with van der Waals surface area (Å²) in [4.78, 5) is 11.8. The van der Waals surface area contributed by atoms with E-state index < -0.39 is 15.9 Å². The average Bonchev–Trinajstić information content (AvgIpc) is 2.76. The molecule has 2 rings (SSSR count). The second-order valence-electron chi connectivity index (χ2n) is 4.12. The molecule has 0 radical (unpaired) electrons. The molecule has 0 fully saturated rings. The van der Waals surface area contributed by atoms with Crippen molar-refractivity contribution in [2.45, 2.75) is 11.8 Å². The zero-order valence-corrected chi connectivity index (χ0v) is 11.3. The third-order valence-corrected chi connectivity index (χ3v) is 3.85. The number of benzene rings is 1. The first-order chi connectivity index (χ1) is 8.88. The molecule has 6 nitrogen and oxygen atoms in total. The highest BCUT2D eigenvalue weighted by atomic mass is 32.2. The Morgan fingerprint density at radius 3 is 2.37 bits per heavy atom. The maximum atomic E-state index is 12.0. The summed E-state index contributed by atoms with van der Waals surface area (Å²) in [5.41, 5.74) is 0.994. The molecule has 19 heavy (non-hydrogen) atoms. The van der Waals surface area contributed by atoms with Crippen molar-refractivity contribution in [3.05, 3.63) is 47.8 Å². The van der Waals surface area contributed by atoms with Crippen molar-refractivity contribution in [1.82, 2.24) is 14.5 Å². The van der Waals surface area contributed by atoms with E-state index >= 15 is 0 Å². The van der Waals surface area contributed by atoms with Crippen molar-refractivity contribution in [3.63, 3.8) is 0 Å². The third kappa shape index (κ3) is 3.00. The molecule has 7 heteroatoms. The highest BCUT2D eigenvalue weighted by Gasteiger charge is 2.19. The molecule has 1 aromatic carbocycles. The van der Waals surface area contributed by atoms with Crippen LogP contribution < -0.4 is 4.72 Å².